The summed E-state index contributed by atoms with van der Waals surface area (Å²) >= 11 is 3.23. The Morgan fingerprint density at radius 3 is 2.52 bits per heavy atom. The molecule has 0 unspecified atom stereocenters. The van der Waals surface area contributed by atoms with Crippen LogP contribution in [0.5, 0.6) is 11.5 Å². The molecule has 0 aliphatic carbocycles. The molecular formula is C13H12BrFN2O3S. The Labute approximate surface area is 130 Å². The number of nitrogens with two attached hydrogens (primary N) is 1. The summed E-state index contributed by atoms with van der Waals surface area (Å²) in [5.74, 6) is 0.0171. The summed E-state index contributed by atoms with van der Waals surface area (Å²) in [6.07, 6.45) is 0. The van der Waals surface area contributed by atoms with Crippen LogP contribution in [0, 0.1) is 5.82 Å². The number of sulfonamides is 1. The summed E-state index contributed by atoms with van der Waals surface area (Å²) in [6.45, 7) is 0. The SMILES string of the molecule is CNS(=O)(=O)c1ccc(Oc2cc(F)ccc2Br)c(N)c1. The monoisotopic (exact) mass is 374 g/mol. The Morgan fingerprint density at radius 2 is 1.90 bits per heavy atom. The molecule has 0 saturated heterocycles. The van der Waals surface area contributed by atoms with E-state index in [9.17, 15) is 12.8 Å². The molecule has 0 amide bonds. The highest BCUT2D eigenvalue weighted by Gasteiger charge is 2.14. The van der Waals surface area contributed by atoms with Crippen LogP contribution < -0.4 is 15.2 Å². The number of benzene rings is 2. The number of hydrogen-bond donors (Lipinski definition) is 2. The summed E-state index contributed by atoms with van der Waals surface area (Å²) in [7, 11) is -2.27. The van der Waals surface area contributed by atoms with Crippen LogP contribution in [-0.2, 0) is 10.0 Å². The van der Waals surface area contributed by atoms with E-state index >= 15 is 0 Å². The van der Waals surface area contributed by atoms with Gasteiger partial charge in [-0.3, -0.25) is 0 Å². The van der Waals surface area contributed by atoms with Gasteiger partial charge in [-0.1, -0.05) is 0 Å². The maximum atomic E-state index is 13.2. The first-order chi connectivity index (χ1) is 9.83. The van der Waals surface area contributed by atoms with Gasteiger partial charge in [0.2, 0.25) is 10.0 Å². The van der Waals surface area contributed by atoms with Crippen LogP contribution in [0.3, 0.4) is 0 Å². The van der Waals surface area contributed by atoms with Crippen molar-refractivity contribution >= 4 is 31.6 Å². The van der Waals surface area contributed by atoms with Gasteiger partial charge in [-0.05, 0) is 53.3 Å². The van der Waals surface area contributed by atoms with E-state index in [0.717, 1.165) is 0 Å². The van der Waals surface area contributed by atoms with Crippen molar-refractivity contribution in [2.75, 3.05) is 12.8 Å². The summed E-state index contributed by atoms with van der Waals surface area (Å²) in [5, 5.41) is 0. The molecule has 3 N–H and O–H groups in total. The minimum atomic E-state index is -3.58. The predicted octanol–water partition coefficient (Wildman–Crippen LogP) is 2.87. The van der Waals surface area contributed by atoms with Crippen molar-refractivity contribution < 1.29 is 17.5 Å². The number of halogens is 2. The average Bonchev–Trinajstić information content (AvgIpc) is 2.44. The first-order valence-electron chi connectivity index (χ1n) is 5.79. The molecule has 5 nitrogen and oxygen atoms in total. The Kier molecular flexibility index (Phi) is 4.50. The lowest BCUT2D eigenvalue weighted by atomic mass is 10.3. The number of anilines is 1. The van der Waals surface area contributed by atoms with Crippen LogP contribution in [0.25, 0.3) is 0 Å². The molecule has 0 bridgehead atoms. The molecule has 112 valence electrons. The average molecular weight is 375 g/mol. The third-order valence-electron chi connectivity index (χ3n) is 2.67. The second kappa shape index (κ2) is 6.00. The molecule has 0 aliphatic rings. The van der Waals surface area contributed by atoms with E-state index in [4.69, 9.17) is 10.5 Å². The maximum Gasteiger partial charge on any atom is 0.240 e. The molecule has 0 radical (unpaired) electrons. The molecule has 0 fully saturated rings. The van der Waals surface area contributed by atoms with Crippen molar-refractivity contribution in [3.8, 4) is 11.5 Å². The zero-order valence-corrected chi connectivity index (χ0v) is 13.3. The molecule has 0 saturated carbocycles. The van der Waals surface area contributed by atoms with Gasteiger partial charge in [0, 0.05) is 6.07 Å². The van der Waals surface area contributed by atoms with Crippen LogP contribution in [-0.4, -0.2) is 15.5 Å². The van der Waals surface area contributed by atoms with Gasteiger partial charge in [0.1, 0.15) is 17.3 Å². The zero-order chi connectivity index (χ0) is 15.6. The van der Waals surface area contributed by atoms with Crippen molar-refractivity contribution in [3.63, 3.8) is 0 Å². The number of nitrogens with one attached hydrogen (secondary N) is 1. The summed E-state index contributed by atoms with van der Waals surface area (Å²) in [5.41, 5.74) is 5.91. The molecule has 0 aliphatic heterocycles. The van der Waals surface area contributed by atoms with Crippen LogP contribution in [0.4, 0.5) is 10.1 Å². The van der Waals surface area contributed by atoms with Gasteiger partial charge in [0.15, 0.2) is 0 Å². The van der Waals surface area contributed by atoms with E-state index < -0.39 is 15.8 Å². The summed E-state index contributed by atoms with van der Waals surface area (Å²) < 4.78 is 44.7. The van der Waals surface area contributed by atoms with Crippen molar-refractivity contribution in [1.82, 2.24) is 4.72 Å². The number of hydrogen-bond acceptors (Lipinski definition) is 4. The normalized spacial score (nSPS) is 11.4. The standard InChI is InChI=1S/C13H12BrFN2O3S/c1-17-21(18,19)9-3-5-12(11(16)7-9)20-13-6-8(15)2-4-10(13)14/h2-7,17H,16H2,1H3. The van der Waals surface area contributed by atoms with Gasteiger partial charge in [-0.15, -0.1) is 0 Å². The Bertz CT molecular complexity index is 781. The van der Waals surface area contributed by atoms with Gasteiger partial charge in [0.05, 0.1) is 15.1 Å². The van der Waals surface area contributed by atoms with E-state index in [1.54, 1.807) is 0 Å². The minimum Gasteiger partial charge on any atom is -0.454 e. The zero-order valence-electron chi connectivity index (χ0n) is 10.9. The lowest BCUT2D eigenvalue weighted by Crippen LogP contribution is -2.18. The number of ether oxygens (including phenoxy) is 1. The summed E-state index contributed by atoms with van der Waals surface area (Å²) in [6, 6.07) is 8.02. The Morgan fingerprint density at radius 1 is 1.19 bits per heavy atom. The van der Waals surface area contributed by atoms with E-state index in [0.29, 0.717) is 4.47 Å². The second-order valence-electron chi connectivity index (χ2n) is 4.08. The lowest BCUT2D eigenvalue weighted by Gasteiger charge is -2.11. The predicted molar refractivity (Wildman–Crippen MR) is 81.3 cm³/mol. The van der Waals surface area contributed by atoms with Crippen molar-refractivity contribution in [2.45, 2.75) is 4.90 Å². The quantitative estimate of drug-likeness (QED) is 0.806. The van der Waals surface area contributed by atoms with Crippen LogP contribution in [0.2, 0.25) is 0 Å². The van der Waals surface area contributed by atoms with Gasteiger partial charge in [-0.2, -0.15) is 0 Å². The van der Waals surface area contributed by atoms with E-state index in [1.165, 1.54) is 43.4 Å². The first-order valence-corrected chi connectivity index (χ1v) is 8.07. The number of rotatable bonds is 4. The van der Waals surface area contributed by atoms with Crippen molar-refractivity contribution in [1.29, 1.82) is 0 Å². The third kappa shape index (κ3) is 3.52. The fourth-order valence-corrected chi connectivity index (χ4v) is 2.67. The molecule has 0 spiro atoms. The molecule has 8 heteroatoms. The molecule has 2 rings (SSSR count). The molecule has 0 atom stereocenters. The highest BCUT2D eigenvalue weighted by molar-refractivity contribution is 9.10. The van der Waals surface area contributed by atoms with E-state index in [1.807, 2.05) is 0 Å². The Hall–Kier alpha value is -1.64. The fraction of sp³-hybridized carbons (Fsp3) is 0.0769. The molecular weight excluding hydrogens is 363 g/mol. The number of nitrogen functional groups attached to an aromatic ring is 1. The molecule has 0 heterocycles. The molecule has 0 aromatic heterocycles. The topological polar surface area (TPSA) is 81.4 Å². The van der Waals surface area contributed by atoms with Crippen LogP contribution in [0.15, 0.2) is 45.8 Å². The molecule has 21 heavy (non-hydrogen) atoms. The van der Waals surface area contributed by atoms with Crippen LogP contribution >= 0.6 is 15.9 Å². The molecule has 2 aromatic rings. The Balaban J connectivity index is 2.36. The first kappa shape index (κ1) is 15.7. The van der Waals surface area contributed by atoms with Crippen molar-refractivity contribution in [3.05, 3.63) is 46.7 Å². The third-order valence-corrected chi connectivity index (χ3v) is 4.74. The van der Waals surface area contributed by atoms with Gasteiger partial charge >= 0.3 is 0 Å². The van der Waals surface area contributed by atoms with Crippen LogP contribution in [0.1, 0.15) is 0 Å². The lowest BCUT2D eigenvalue weighted by molar-refractivity contribution is 0.475. The van der Waals surface area contributed by atoms with Crippen molar-refractivity contribution in [2.24, 2.45) is 0 Å². The maximum absolute atomic E-state index is 13.2. The largest absolute Gasteiger partial charge is 0.454 e. The highest BCUT2D eigenvalue weighted by Crippen LogP contribution is 2.34. The summed E-state index contributed by atoms with van der Waals surface area (Å²) in [4.78, 5) is 0.0214. The fourth-order valence-electron chi connectivity index (χ4n) is 1.58. The van der Waals surface area contributed by atoms with Gasteiger partial charge < -0.3 is 10.5 Å². The minimum absolute atomic E-state index is 0.0214. The van der Waals surface area contributed by atoms with Gasteiger partial charge in [-0.25, -0.2) is 17.5 Å². The smallest absolute Gasteiger partial charge is 0.240 e. The molecule has 2 aromatic carbocycles. The van der Waals surface area contributed by atoms with E-state index in [-0.39, 0.29) is 22.1 Å². The second-order valence-corrected chi connectivity index (χ2v) is 6.82. The highest BCUT2D eigenvalue weighted by atomic mass is 79.9. The van der Waals surface area contributed by atoms with Gasteiger partial charge in [0.25, 0.3) is 0 Å². The van der Waals surface area contributed by atoms with E-state index in [2.05, 4.69) is 20.7 Å².